The Morgan fingerprint density at radius 3 is 2.57 bits per heavy atom. The van der Waals surface area contributed by atoms with Crippen LogP contribution in [0.4, 0.5) is 0 Å². The zero-order chi connectivity index (χ0) is 15.4. The van der Waals surface area contributed by atoms with Gasteiger partial charge in [0.05, 0.1) is 0 Å². The van der Waals surface area contributed by atoms with Crippen LogP contribution in [0.25, 0.3) is 0 Å². The molecule has 5 heteroatoms. The summed E-state index contributed by atoms with van der Waals surface area (Å²) in [5.41, 5.74) is 6.82. The zero-order valence-electron chi connectivity index (χ0n) is 13.4. The van der Waals surface area contributed by atoms with Gasteiger partial charge >= 0.3 is 8.56 Å². The van der Waals surface area contributed by atoms with Crippen LogP contribution in [0.5, 0.6) is 0 Å². The molecule has 1 unspecified atom stereocenters. The summed E-state index contributed by atoms with van der Waals surface area (Å²) in [6.45, 7) is 5.48. The Bertz CT molecular complexity index is 365. The molecular formula is C16H30N2O2Si. The predicted octanol–water partition coefficient (Wildman–Crippen LogP) is 2.29. The maximum Gasteiger partial charge on any atom is 0.334 e. The summed E-state index contributed by atoms with van der Waals surface area (Å²) >= 11 is 0. The first-order chi connectivity index (χ1) is 10.2. The standard InChI is InChI=1S/C16H30N2O2Si/c1-19-21(2,15-7-12-18-13-11-17)20-14-6-10-16-8-4-3-5-9-16/h3-5,8-9,18H,6-7,10-15,17H2,1-2H3. The third-order valence-corrected chi connectivity index (χ3v) is 6.54. The van der Waals surface area contributed by atoms with Crippen molar-refractivity contribution in [2.75, 3.05) is 33.4 Å². The van der Waals surface area contributed by atoms with E-state index in [9.17, 15) is 0 Å². The molecule has 21 heavy (non-hydrogen) atoms. The predicted molar refractivity (Wildman–Crippen MR) is 90.7 cm³/mol. The van der Waals surface area contributed by atoms with Crippen molar-refractivity contribution in [1.29, 1.82) is 0 Å². The molecular weight excluding hydrogens is 280 g/mol. The van der Waals surface area contributed by atoms with Crippen LogP contribution in [-0.2, 0) is 15.3 Å². The summed E-state index contributed by atoms with van der Waals surface area (Å²) in [5, 5.41) is 3.31. The van der Waals surface area contributed by atoms with Crippen LogP contribution in [0.3, 0.4) is 0 Å². The molecule has 120 valence electrons. The van der Waals surface area contributed by atoms with Gasteiger partial charge in [0.15, 0.2) is 0 Å². The lowest BCUT2D eigenvalue weighted by Gasteiger charge is -2.25. The molecule has 0 fully saturated rings. The summed E-state index contributed by atoms with van der Waals surface area (Å²) in [6, 6.07) is 11.6. The normalized spacial score (nSPS) is 14.0. The summed E-state index contributed by atoms with van der Waals surface area (Å²) in [7, 11) is -0.218. The third-order valence-electron chi connectivity index (χ3n) is 3.60. The van der Waals surface area contributed by atoms with Gasteiger partial charge in [-0.2, -0.15) is 0 Å². The van der Waals surface area contributed by atoms with E-state index >= 15 is 0 Å². The van der Waals surface area contributed by atoms with Crippen molar-refractivity contribution < 1.29 is 8.85 Å². The van der Waals surface area contributed by atoms with E-state index in [4.69, 9.17) is 14.6 Å². The van der Waals surface area contributed by atoms with Crippen molar-refractivity contribution in [3.8, 4) is 0 Å². The van der Waals surface area contributed by atoms with E-state index in [0.29, 0.717) is 6.54 Å². The van der Waals surface area contributed by atoms with Gasteiger partial charge in [-0.1, -0.05) is 30.3 Å². The van der Waals surface area contributed by atoms with Gasteiger partial charge in [-0.3, -0.25) is 0 Å². The van der Waals surface area contributed by atoms with E-state index in [1.807, 2.05) is 6.07 Å². The zero-order valence-corrected chi connectivity index (χ0v) is 14.4. The lowest BCUT2D eigenvalue weighted by Crippen LogP contribution is -2.38. The fourth-order valence-corrected chi connectivity index (χ4v) is 4.07. The van der Waals surface area contributed by atoms with Gasteiger partial charge in [0.2, 0.25) is 0 Å². The Kier molecular flexibility index (Phi) is 9.53. The minimum absolute atomic E-state index is 0.689. The second kappa shape index (κ2) is 10.9. The van der Waals surface area contributed by atoms with Crippen LogP contribution < -0.4 is 11.1 Å². The maximum absolute atomic E-state index is 6.07. The molecule has 4 nitrogen and oxygen atoms in total. The first kappa shape index (κ1) is 18.3. The Balaban J connectivity index is 2.16. The molecule has 1 aromatic rings. The van der Waals surface area contributed by atoms with E-state index in [1.54, 1.807) is 7.11 Å². The van der Waals surface area contributed by atoms with Gasteiger partial charge in [0.25, 0.3) is 0 Å². The first-order valence-corrected chi connectivity index (χ1v) is 10.4. The molecule has 3 N–H and O–H groups in total. The molecule has 0 saturated heterocycles. The fourth-order valence-electron chi connectivity index (χ4n) is 2.20. The SMILES string of the molecule is CO[Si](C)(CCCNCCN)OCCCc1ccccc1. The smallest absolute Gasteiger partial charge is 0.334 e. The van der Waals surface area contributed by atoms with Crippen molar-refractivity contribution in [2.24, 2.45) is 5.73 Å². The van der Waals surface area contributed by atoms with Crippen LogP contribution >= 0.6 is 0 Å². The molecule has 0 amide bonds. The van der Waals surface area contributed by atoms with Crippen LogP contribution in [0.15, 0.2) is 30.3 Å². The van der Waals surface area contributed by atoms with Crippen molar-refractivity contribution in [3.63, 3.8) is 0 Å². The van der Waals surface area contributed by atoms with Gasteiger partial charge in [0, 0.05) is 26.8 Å². The molecule has 0 saturated carbocycles. The number of aryl methyl sites for hydroxylation is 1. The average Bonchev–Trinajstić information content (AvgIpc) is 2.52. The number of benzene rings is 1. The summed E-state index contributed by atoms with van der Waals surface area (Å²) in [6.07, 6.45) is 3.18. The van der Waals surface area contributed by atoms with Crippen LogP contribution in [0.1, 0.15) is 18.4 Å². The van der Waals surface area contributed by atoms with Gasteiger partial charge in [0.1, 0.15) is 0 Å². The summed E-state index contributed by atoms with van der Waals surface area (Å²) < 4.78 is 11.7. The lowest BCUT2D eigenvalue weighted by molar-refractivity contribution is 0.201. The Labute approximate surface area is 130 Å². The molecule has 0 radical (unpaired) electrons. The van der Waals surface area contributed by atoms with E-state index in [-0.39, 0.29) is 0 Å². The number of rotatable bonds is 12. The highest BCUT2D eigenvalue weighted by Crippen LogP contribution is 2.15. The number of nitrogens with two attached hydrogens (primary N) is 1. The minimum Gasteiger partial charge on any atom is -0.398 e. The number of hydrogen-bond acceptors (Lipinski definition) is 4. The largest absolute Gasteiger partial charge is 0.398 e. The van der Waals surface area contributed by atoms with Crippen molar-refractivity contribution in [3.05, 3.63) is 35.9 Å². The highest BCUT2D eigenvalue weighted by molar-refractivity contribution is 6.65. The van der Waals surface area contributed by atoms with E-state index in [2.05, 4.69) is 36.1 Å². The average molecular weight is 311 g/mol. The monoisotopic (exact) mass is 310 g/mol. The van der Waals surface area contributed by atoms with E-state index < -0.39 is 8.56 Å². The summed E-state index contributed by atoms with van der Waals surface area (Å²) in [4.78, 5) is 0. The van der Waals surface area contributed by atoms with Gasteiger partial charge in [-0.05, 0) is 44.0 Å². The maximum atomic E-state index is 6.07. The molecule has 0 heterocycles. The topological polar surface area (TPSA) is 56.5 Å². The van der Waals surface area contributed by atoms with Crippen molar-refractivity contribution in [2.45, 2.75) is 31.9 Å². The van der Waals surface area contributed by atoms with Crippen molar-refractivity contribution in [1.82, 2.24) is 5.32 Å². The van der Waals surface area contributed by atoms with Gasteiger partial charge in [-0.15, -0.1) is 0 Å². The Hall–Kier alpha value is -0.723. The second-order valence-electron chi connectivity index (χ2n) is 5.42. The highest BCUT2D eigenvalue weighted by Gasteiger charge is 2.29. The Morgan fingerprint density at radius 2 is 1.90 bits per heavy atom. The van der Waals surface area contributed by atoms with Crippen LogP contribution in [0, 0.1) is 0 Å². The summed E-state index contributed by atoms with van der Waals surface area (Å²) in [5.74, 6) is 0. The van der Waals surface area contributed by atoms with Crippen LogP contribution in [0.2, 0.25) is 12.6 Å². The molecule has 0 aromatic heterocycles. The van der Waals surface area contributed by atoms with E-state index in [0.717, 1.165) is 45.0 Å². The van der Waals surface area contributed by atoms with Gasteiger partial charge in [-0.25, -0.2) is 0 Å². The molecule has 1 rings (SSSR count). The molecule has 0 spiro atoms. The second-order valence-corrected chi connectivity index (χ2v) is 8.88. The molecule has 0 aliphatic carbocycles. The van der Waals surface area contributed by atoms with E-state index in [1.165, 1.54) is 5.56 Å². The quantitative estimate of drug-likeness (QED) is 0.459. The van der Waals surface area contributed by atoms with Crippen LogP contribution in [-0.4, -0.2) is 41.9 Å². The first-order valence-electron chi connectivity index (χ1n) is 7.84. The molecule has 0 aliphatic rings. The minimum atomic E-state index is -1.99. The fraction of sp³-hybridized carbons (Fsp3) is 0.625. The molecule has 0 bridgehead atoms. The highest BCUT2D eigenvalue weighted by atomic mass is 28.4. The number of hydrogen-bond donors (Lipinski definition) is 2. The van der Waals surface area contributed by atoms with Gasteiger partial charge < -0.3 is 19.9 Å². The molecule has 1 atom stereocenters. The van der Waals surface area contributed by atoms with Crippen molar-refractivity contribution >= 4 is 8.56 Å². The molecule has 1 aromatic carbocycles. The molecule has 0 aliphatic heterocycles. The lowest BCUT2D eigenvalue weighted by atomic mass is 10.1. The Morgan fingerprint density at radius 1 is 1.14 bits per heavy atom. The number of nitrogens with one attached hydrogen (secondary N) is 1. The third kappa shape index (κ3) is 8.33.